The minimum atomic E-state index is -0.0709. The molecule has 9 nitrogen and oxygen atoms in total. The molecule has 0 saturated carbocycles. The Labute approximate surface area is 199 Å². The molecular weight excluding hydrogens is 432 g/mol. The molecule has 0 radical (unpaired) electrons. The zero-order valence-corrected chi connectivity index (χ0v) is 19.7. The molecule has 1 aromatic carbocycles. The molecular formula is C25H32N6O3. The van der Waals surface area contributed by atoms with Gasteiger partial charge in [-0.3, -0.25) is 14.3 Å². The average molecular weight is 465 g/mol. The van der Waals surface area contributed by atoms with E-state index in [1.165, 1.54) is 0 Å². The summed E-state index contributed by atoms with van der Waals surface area (Å²) in [5, 5.41) is 5.34. The molecule has 4 saturated heterocycles. The molecule has 0 spiro atoms. The van der Waals surface area contributed by atoms with Crippen LogP contribution in [0.15, 0.2) is 24.3 Å². The highest BCUT2D eigenvalue weighted by molar-refractivity contribution is 6.04. The molecule has 180 valence electrons. The fourth-order valence-corrected chi connectivity index (χ4v) is 6.59. The first-order valence-corrected chi connectivity index (χ1v) is 12.5. The van der Waals surface area contributed by atoms with E-state index in [1.54, 1.807) is 4.68 Å². The Hall–Kier alpha value is -3.10. The molecule has 9 heteroatoms. The lowest BCUT2D eigenvalue weighted by atomic mass is 9.76. The molecule has 4 amide bonds. The molecule has 0 aliphatic carbocycles. The largest absolute Gasteiger partial charge is 0.339 e. The normalized spacial score (nSPS) is 27.2. The lowest BCUT2D eigenvalue weighted by Crippen LogP contribution is -2.63. The second kappa shape index (κ2) is 8.29. The van der Waals surface area contributed by atoms with E-state index in [0.29, 0.717) is 62.1 Å². The summed E-state index contributed by atoms with van der Waals surface area (Å²) in [6, 6.07) is 8.15. The first-order chi connectivity index (χ1) is 16.5. The van der Waals surface area contributed by atoms with Crippen LogP contribution in [0.3, 0.4) is 0 Å². The van der Waals surface area contributed by atoms with Crippen molar-refractivity contribution in [1.82, 2.24) is 29.4 Å². The van der Waals surface area contributed by atoms with Gasteiger partial charge in [0, 0.05) is 70.7 Å². The summed E-state index contributed by atoms with van der Waals surface area (Å²) >= 11 is 0. The summed E-state index contributed by atoms with van der Waals surface area (Å²) in [7, 11) is 1.85. The van der Waals surface area contributed by atoms with E-state index in [0.717, 1.165) is 49.8 Å². The number of hydrogen-bond acceptors (Lipinski definition) is 4. The molecule has 2 aromatic rings. The average Bonchev–Trinajstić information content (AvgIpc) is 3.20. The highest BCUT2D eigenvalue weighted by Gasteiger charge is 2.45. The fourth-order valence-electron chi connectivity index (χ4n) is 6.59. The maximum atomic E-state index is 13.4. The van der Waals surface area contributed by atoms with Crippen LogP contribution in [-0.4, -0.2) is 99.1 Å². The molecule has 6 rings (SSSR count). The topological polar surface area (TPSA) is 82.0 Å². The Bertz CT molecular complexity index is 1140. The molecule has 4 aliphatic heterocycles. The van der Waals surface area contributed by atoms with Crippen molar-refractivity contribution in [1.29, 1.82) is 0 Å². The summed E-state index contributed by atoms with van der Waals surface area (Å²) < 4.78 is 1.75. The van der Waals surface area contributed by atoms with Gasteiger partial charge in [0.05, 0.1) is 5.52 Å². The molecule has 3 atom stereocenters. The molecule has 4 fully saturated rings. The number of carbonyl (C=O) groups excluding carboxylic acids is 3. The number of amides is 4. The number of likely N-dealkylation sites (tertiary alicyclic amines) is 1. The van der Waals surface area contributed by atoms with Crippen molar-refractivity contribution in [2.24, 2.45) is 18.9 Å². The summed E-state index contributed by atoms with van der Waals surface area (Å²) in [6.07, 6.45) is 3.83. The van der Waals surface area contributed by atoms with E-state index < -0.39 is 0 Å². The number of nitrogens with zero attached hydrogens (tertiary/aromatic N) is 6. The Kier molecular flexibility index (Phi) is 5.22. The van der Waals surface area contributed by atoms with Crippen molar-refractivity contribution < 1.29 is 14.4 Å². The second-order valence-corrected chi connectivity index (χ2v) is 10.3. The monoisotopic (exact) mass is 464 g/mol. The van der Waals surface area contributed by atoms with E-state index in [-0.39, 0.29) is 11.9 Å². The van der Waals surface area contributed by atoms with E-state index in [4.69, 9.17) is 0 Å². The summed E-state index contributed by atoms with van der Waals surface area (Å²) in [5.41, 5.74) is 1.42. The van der Waals surface area contributed by atoms with Crippen LogP contribution in [0.4, 0.5) is 4.79 Å². The van der Waals surface area contributed by atoms with Gasteiger partial charge < -0.3 is 19.6 Å². The molecule has 4 aliphatic rings. The Morgan fingerprint density at radius 1 is 0.971 bits per heavy atom. The third-order valence-electron chi connectivity index (χ3n) is 8.25. The van der Waals surface area contributed by atoms with Crippen LogP contribution in [-0.2, 0) is 11.8 Å². The minimum absolute atomic E-state index is 0.0709. The number of hydrogen-bond donors (Lipinski definition) is 0. The Morgan fingerprint density at radius 3 is 2.56 bits per heavy atom. The van der Waals surface area contributed by atoms with Gasteiger partial charge in [-0.25, -0.2) is 4.79 Å². The van der Waals surface area contributed by atoms with E-state index in [2.05, 4.69) is 10.00 Å². The van der Waals surface area contributed by atoms with Gasteiger partial charge in [-0.1, -0.05) is 18.2 Å². The number of piperazine rings is 1. The molecule has 2 unspecified atom stereocenters. The molecule has 5 heterocycles. The predicted octanol–water partition coefficient (Wildman–Crippen LogP) is 1.78. The number of fused-ring (bicyclic) bond motifs is 5. The standard InChI is InChI=1S/C25H32N6O3/c1-27-21-6-3-2-5-19(21)23(26-27)24(33)28-9-11-29(12-10-28)25(34)30-14-17-13-18(16-30)20-7-4-8-22(32)31(20)15-17/h2-3,5-6,17-18,20H,4,7-16H2,1H3/t17?,18?,20-/m1/s1. The molecule has 2 bridgehead atoms. The number of carbonyl (C=O) groups is 3. The lowest BCUT2D eigenvalue weighted by molar-refractivity contribution is -0.144. The lowest BCUT2D eigenvalue weighted by Gasteiger charge is -2.53. The fraction of sp³-hybridized carbons (Fsp3) is 0.600. The Balaban J connectivity index is 1.09. The van der Waals surface area contributed by atoms with Gasteiger partial charge in [-0.05, 0) is 37.2 Å². The quantitative estimate of drug-likeness (QED) is 0.644. The number of rotatable bonds is 1. The number of urea groups is 1. The minimum Gasteiger partial charge on any atom is -0.339 e. The van der Waals surface area contributed by atoms with Gasteiger partial charge in [0.2, 0.25) is 5.91 Å². The Morgan fingerprint density at radius 2 is 1.74 bits per heavy atom. The number of aryl methyl sites for hydroxylation is 1. The van der Waals surface area contributed by atoms with Gasteiger partial charge in [-0.2, -0.15) is 5.10 Å². The SMILES string of the molecule is Cn1nc(C(=O)N2CCN(C(=O)N3CC4CC(C3)[C@H]3CCCC(=O)N3C4)CC2)c2ccccc21. The van der Waals surface area contributed by atoms with Crippen molar-refractivity contribution in [3.8, 4) is 0 Å². The van der Waals surface area contributed by atoms with Crippen molar-refractivity contribution in [2.45, 2.75) is 31.7 Å². The third-order valence-corrected chi connectivity index (χ3v) is 8.25. The summed E-state index contributed by atoms with van der Waals surface area (Å²) in [4.78, 5) is 46.8. The van der Waals surface area contributed by atoms with Crippen LogP contribution in [0, 0.1) is 11.8 Å². The third kappa shape index (κ3) is 3.52. The molecule has 0 N–H and O–H groups in total. The summed E-state index contributed by atoms with van der Waals surface area (Å²) in [6.45, 7) is 4.37. The van der Waals surface area contributed by atoms with Crippen LogP contribution in [0.2, 0.25) is 0 Å². The number of aromatic nitrogens is 2. The maximum absolute atomic E-state index is 13.4. The van der Waals surface area contributed by atoms with E-state index >= 15 is 0 Å². The number of piperidine rings is 3. The van der Waals surface area contributed by atoms with Gasteiger partial charge in [0.1, 0.15) is 0 Å². The van der Waals surface area contributed by atoms with Crippen LogP contribution >= 0.6 is 0 Å². The van der Waals surface area contributed by atoms with Crippen molar-refractivity contribution in [3.05, 3.63) is 30.0 Å². The van der Waals surface area contributed by atoms with Gasteiger partial charge in [0.15, 0.2) is 5.69 Å². The van der Waals surface area contributed by atoms with Crippen molar-refractivity contribution in [2.75, 3.05) is 45.8 Å². The maximum Gasteiger partial charge on any atom is 0.320 e. The highest BCUT2D eigenvalue weighted by atomic mass is 16.2. The first-order valence-electron chi connectivity index (χ1n) is 12.5. The molecule has 1 aromatic heterocycles. The zero-order chi connectivity index (χ0) is 23.4. The van der Waals surface area contributed by atoms with Crippen LogP contribution < -0.4 is 0 Å². The zero-order valence-electron chi connectivity index (χ0n) is 19.7. The van der Waals surface area contributed by atoms with E-state index in [1.807, 2.05) is 46.0 Å². The highest BCUT2D eigenvalue weighted by Crippen LogP contribution is 2.38. The smallest absolute Gasteiger partial charge is 0.320 e. The van der Waals surface area contributed by atoms with E-state index in [9.17, 15) is 14.4 Å². The van der Waals surface area contributed by atoms with Crippen LogP contribution in [0.25, 0.3) is 10.9 Å². The second-order valence-electron chi connectivity index (χ2n) is 10.3. The van der Waals surface area contributed by atoms with Crippen LogP contribution in [0.5, 0.6) is 0 Å². The van der Waals surface area contributed by atoms with Gasteiger partial charge in [0.25, 0.3) is 5.91 Å². The molecule has 34 heavy (non-hydrogen) atoms. The van der Waals surface area contributed by atoms with Crippen molar-refractivity contribution in [3.63, 3.8) is 0 Å². The first kappa shape index (κ1) is 21.4. The van der Waals surface area contributed by atoms with Gasteiger partial charge >= 0.3 is 6.03 Å². The number of para-hydroxylation sites is 1. The van der Waals surface area contributed by atoms with Crippen molar-refractivity contribution >= 4 is 28.7 Å². The van der Waals surface area contributed by atoms with Gasteiger partial charge in [-0.15, -0.1) is 0 Å². The summed E-state index contributed by atoms with van der Waals surface area (Å²) in [5.74, 6) is 0.993. The van der Waals surface area contributed by atoms with Crippen LogP contribution in [0.1, 0.15) is 36.2 Å². The number of benzene rings is 1. The predicted molar refractivity (Wildman–Crippen MR) is 126 cm³/mol.